The minimum absolute atomic E-state index is 0.00163. The molecule has 1 saturated carbocycles. The molecule has 18 heavy (non-hydrogen) atoms. The van der Waals surface area contributed by atoms with Crippen LogP contribution in [0.15, 0.2) is 0 Å². The van der Waals surface area contributed by atoms with E-state index >= 15 is 0 Å². The van der Waals surface area contributed by atoms with Gasteiger partial charge in [-0.2, -0.15) is 0 Å². The second kappa shape index (κ2) is 6.73. The van der Waals surface area contributed by atoms with Gasteiger partial charge in [-0.05, 0) is 37.6 Å². The monoisotopic (exact) mass is 256 g/mol. The number of carbonyl (C=O) groups excluding carboxylic acids is 1. The molecule has 3 N–H and O–H groups in total. The van der Waals surface area contributed by atoms with Gasteiger partial charge in [-0.15, -0.1) is 0 Å². The lowest BCUT2D eigenvalue weighted by Gasteiger charge is -2.23. The highest BCUT2D eigenvalue weighted by Crippen LogP contribution is 2.25. The van der Waals surface area contributed by atoms with E-state index in [1.54, 1.807) is 0 Å². The molecular formula is C13H24N2O3. The van der Waals surface area contributed by atoms with Crippen molar-refractivity contribution in [2.45, 2.75) is 52.0 Å². The molecule has 0 saturated heterocycles. The first-order chi connectivity index (χ1) is 8.39. The van der Waals surface area contributed by atoms with E-state index in [1.807, 2.05) is 0 Å². The van der Waals surface area contributed by atoms with Gasteiger partial charge in [0.2, 0.25) is 5.91 Å². The van der Waals surface area contributed by atoms with Crippen molar-refractivity contribution in [2.24, 2.45) is 5.41 Å². The maximum Gasteiger partial charge on any atom is 0.303 e. The lowest BCUT2D eigenvalue weighted by molar-refractivity contribution is -0.137. The summed E-state index contributed by atoms with van der Waals surface area (Å²) in [4.78, 5) is 21.9. The molecule has 0 aromatic rings. The molecule has 0 radical (unpaired) electrons. The molecule has 5 heteroatoms. The predicted octanol–water partition coefficient (Wildman–Crippen LogP) is 1.14. The minimum Gasteiger partial charge on any atom is -0.481 e. The highest BCUT2D eigenvalue weighted by molar-refractivity contribution is 5.78. The number of rotatable bonds is 9. The van der Waals surface area contributed by atoms with Crippen LogP contribution >= 0.6 is 0 Å². The molecule has 0 unspecified atom stereocenters. The van der Waals surface area contributed by atoms with E-state index in [4.69, 9.17) is 5.11 Å². The highest BCUT2D eigenvalue weighted by Gasteiger charge is 2.23. The van der Waals surface area contributed by atoms with Gasteiger partial charge in [0, 0.05) is 12.5 Å². The zero-order valence-corrected chi connectivity index (χ0v) is 11.3. The van der Waals surface area contributed by atoms with Crippen molar-refractivity contribution in [2.75, 3.05) is 13.1 Å². The smallest absolute Gasteiger partial charge is 0.303 e. The van der Waals surface area contributed by atoms with Crippen LogP contribution in [0.4, 0.5) is 0 Å². The zero-order valence-electron chi connectivity index (χ0n) is 11.3. The number of nitrogens with one attached hydrogen (secondary N) is 2. The summed E-state index contributed by atoms with van der Waals surface area (Å²) in [5.74, 6) is -0.694. The summed E-state index contributed by atoms with van der Waals surface area (Å²) in [5, 5.41) is 14.7. The number of carbonyl (C=O) groups is 2. The van der Waals surface area contributed by atoms with Crippen molar-refractivity contribution in [1.29, 1.82) is 0 Å². The molecule has 104 valence electrons. The fraction of sp³-hybridized carbons (Fsp3) is 0.846. The number of hydrogen-bond acceptors (Lipinski definition) is 3. The maximum atomic E-state index is 11.4. The number of aliphatic carboxylic acids is 1. The first-order valence-corrected chi connectivity index (χ1v) is 6.61. The molecule has 0 aromatic carbocycles. The molecule has 1 fully saturated rings. The van der Waals surface area contributed by atoms with E-state index in [1.165, 1.54) is 0 Å². The van der Waals surface area contributed by atoms with Crippen molar-refractivity contribution < 1.29 is 14.7 Å². The molecule has 0 aromatic heterocycles. The molecule has 1 aliphatic carbocycles. The van der Waals surface area contributed by atoms with Gasteiger partial charge in [-0.3, -0.25) is 9.59 Å². The van der Waals surface area contributed by atoms with Crippen molar-refractivity contribution in [3.8, 4) is 0 Å². The van der Waals surface area contributed by atoms with Crippen molar-refractivity contribution in [3.63, 3.8) is 0 Å². The van der Waals surface area contributed by atoms with Crippen molar-refractivity contribution in [1.82, 2.24) is 10.6 Å². The van der Waals surface area contributed by atoms with Crippen LogP contribution in [0.3, 0.4) is 0 Å². The van der Waals surface area contributed by atoms with Gasteiger partial charge in [0.1, 0.15) is 0 Å². The summed E-state index contributed by atoms with van der Waals surface area (Å²) in [7, 11) is 0. The molecule has 1 aliphatic rings. The summed E-state index contributed by atoms with van der Waals surface area (Å²) < 4.78 is 0. The molecule has 0 aliphatic heterocycles. The van der Waals surface area contributed by atoms with Crippen LogP contribution in [-0.2, 0) is 9.59 Å². The Balaban J connectivity index is 2.04. The van der Waals surface area contributed by atoms with E-state index in [2.05, 4.69) is 24.5 Å². The minimum atomic E-state index is -0.750. The Bertz CT molecular complexity index is 299. The van der Waals surface area contributed by atoms with Gasteiger partial charge in [-0.1, -0.05) is 13.8 Å². The summed E-state index contributed by atoms with van der Waals surface area (Å²) in [6.45, 7) is 5.21. The Kier molecular flexibility index (Phi) is 5.59. The molecule has 0 spiro atoms. The summed E-state index contributed by atoms with van der Waals surface area (Å²) >= 11 is 0. The molecule has 1 rings (SSSR count). The van der Waals surface area contributed by atoms with E-state index in [0.717, 1.165) is 25.8 Å². The predicted molar refractivity (Wildman–Crippen MR) is 69.3 cm³/mol. The first kappa shape index (κ1) is 15.0. The average Bonchev–Trinajstić information content (AvgIpc) is 3.06. The second-order valence-electron chi connectivity index (χ2n) is 5.83. The zero-order chi connectivity index (χ0) is 13.6. The van der Waals surface area contributed by atoms with Crippen LogP contribution in [-0.4, -0.2) is 36.1 Å². The molecule has 5 nitrogen and oxygen atoms in total. The summed E-state index contributed by atoms with van der Waals surface area (Å²) in [5.41, 5.74) is -0.00163. The Labute approximate surface area is 108 Å². The Morgan fingerprint density at radius 2 is 1.94 bits per heavy atom. The van der Waals surface area contributed by atoms with Gasteiger partial charge in [0.05, 0.1) is 6.54 Å². The fourth-order valence-corrected chi connectivity index (χ4v) is 1.71. The molecular weight excluding hydrogens is 232 g/mol. The summed E-state index contributed by atoms with van der Waals surface area (Å²) in [6.07, 6.45) is 3.95. The number of hydrogen-bond donors (Lipinski definition) is 3. The van der Waals surface area contributed by atoms with Crippen LogP contribution in [0.5, 0.6) is 0 Å². The number of carboxylic acid groups (broad SMARTS) is 1. The maximum absolute atomic E-state index is 11.4. The van der Waals surface area contributed by atoms with Gasteiger partial charge < -0.3 is 15.7 Å². The molecule has 0 bridgehead atoms. The fourth-order valence-electron chi connectivity index (χ4n) is 1.71. The standard InChI is InChI=1S/C13H24N2O3/c1-13(2,6-5-12(17)18)7-8-14-9-11(16)15-10-3-4-10/h10,14H,3-9H2,1-2H3,(H,15,16)(H,17,18). The van der Waals surface area contributed by atoms with Gasteiger partial charge in [0.25, 0.3) is 0 Å². The van der Waals surface area contributed by atoms with E-state index in [9.17, 15) is 9.59 Å². The van der Waals surface area contributed by atoms with E-state index < -0.39 is 5.97 Å². The van der Waals surface area contributed by atoms with Gasteiger partial charge >= 0.3 is 5.97 Å². The number of amides is 1. The third kappa shape index (κ3) is 7.27. The van der Waals surface area contributed by atoms with E-state index in [0.29, 0.717) is 19.0 Å². The Hall–Kier alpha value is -1.10. The Morgan fingerprint density at radius 1 is 1.28 bits per heavy atom. The lowest BCUT2D eigenvalue weighted by atomic mass is 9.84. The topological polar surface area (TPSA) is 78.4 Å². The van der Waals surface area contributed by atoms with Crippen molar-refractivity contribution >= 4 is 11.9 Å². The van der Waals surface area contributed by atoms with E-state index in [-0.39, 0.29) is 17.7 Å². The number of carboxylic acids is 1. The third-order valence-corrected chi connectivity index (χ3v) is 3.22. The largest absolute Gasteiger partial charge is 0.481 e. The van der Waals surface area contributed by atoms with Gasteiger partial charge in [-0.25, -0.2) is 0 Å². The van der Waals surface area contributed by atoms with Gasteiger partial charge in [0.15, 0.2) is 0 Å². The first-order valence-electron chi connectivity index (χ1n) is 6.61. The molecule has 1 amide bonds. The van der Waals surface area contributed by atoms with Crippen LogP contribution < -0.4 is 10.6 Å². The van der Waals surface area contributed by atoms with Crippen molar-refractivity contribution in [3.05, 3.63) is 0 Å². The quantitative estimate of drug-likeness (QED) is 0.540. The SMILES string of the molecule is CC(C)(CCNCC(=O)NC1CC1)CCC(=O)O. The highest BCUT2D eigenvalue weighted by atomic mass is 16.4. The van der Waals surface area contributed by atoms with Crippen LogP contribution in [0.25, 0.3) is 0 Å². The second-order valence-corrected chi connectivity index (χ2v) is 5.83. The van der Waals surface area contributed by atoms with Crippen LogP contribution in [0, 0.1) is 5.41 Å². The lowest BCUT2D eigenvalue weighted by Crippen LogP contribution is -2.36. The average molecular weight is 256 g/mol. The third-order valence-electron chi connectivity index (χ3n) is 3.22. The summed E-state index contributed by atoms with van der Waals surface area (Å²) in [6, 6.07) is 0.409. The van der Waals surface area contributed by atoms with Crippen LogP contribution in [0.1, 0.15) is 46.0 Å². The normalized spacial score (nSPS) is 15.4. The Morgan fingerprint density at radius 3 is 2.50 bits per heavy atom. The van der Waals surface area contributed by atoms with Crippen LogP contribution in [0.2, 0.25) is 0 Å². The molecule has 0 atom stereocenters. The molecule has 0 heterocycles.